The first-order valence-corrected chi connectivity index (χ1v) is 9.56. The summed E-state index contributed by atoms with van der Waals surface area (Å²) in [7, 11) is 0. The van der Waals surface area contributed by atoms with Gasteiger partial charge in [0.1, 0.15) is 0 Å². The number of nitrogens with zero attached hydrogens (tertiary/aromatic N) is 2. The van der Waals surface area contributed by atoms with E-state index in [4.69, 9.17) is 0 Å². The first kappa shape index (κ1) is 19.2. The lowest BCUT2D eigenvalue weighted by Crippen LogP contribution is -2.60. The standard InChI is InChI=1S/C20H27N3O2.ClH/c24-18-14-21-11-13-23(18)17-8-4-12-22(15-17)19(25)20(9-5-10-20)16-6-2-1-3-7-16;/h1-3,6-7,17,21H,4-5,8-15H2;1H. The summed E-state index contributed by atoms with van der Waals surface area (Å²) in [4.78, 5) is 29.7. The van der Waals surface area contributed by atoms with Gasteiger partial charge in [0, 0.05) is 32.2 Å². The largest absolute Gasteiger partial charge is 0.340 e. The van der Waals surface area contributed by atoms with E-state index in [2.05, 4.69) is 17.4 Å². The number of halogens is 1. The van der Waals surface area contributed by atoms with Crippen LogP contribution in [0.5, 0.6) is 0 Å². The molecule has 4 rings (SSSR count). The van der Waals surface area contributed by atoms with Crippen molar-refractivity contribution in [2.24, 2.45) is 0 Å². The summed E-state index contributed by atoms with van der Waals surface area (Å²) in [6.07, 6.45) is 5.01. The molecule has 0 aromatic heterocycles. The Labute approximate surface area is 161 Å². The highest BCUT2D eigenvalue weighted by Crippen LogP contribution is 2.45. The smallest absolute Gasteiger partial charge is 0.236 e. The fourth-order valence-electron chi connectivity index (χ4n) is 4.62. The van der Waals surface area contributed by atoms with Crippen molar-refractivity contribution in [2.45, 2.75) is 43.6 Å². The second-order valence-corrected chi connectivity index (χ2v) is 7.61. The van der Waals surface area contributed by atoms with Gasteiger partial charge in [0.15, 0.2) is 0 Å². The zero-order valence-electron chi connectivity index (χ0n) is 15.2. The maximum absolute atomic E-state index is 13.4. The van der Waals surface area contributed by atoms with Crippen molar-refractivity contribution >= 4 is 24.2 Å². The van der Waals surface area contributed by atoms with E-state index >= 15 is 0 Å². The molecular formula is C20H28ClN3O2. The monoisotopic (exact) mass is 377 g/mol. The van der Waals surface area contributed by atoms with Crippen LogP contribution in [-0.4, -0.2) is 60.4 Å². The maximum atomic E-state index is 13.4. The molecule has 1 N–H and O–H groups in total. The minimum atomic E-state index is -0.323. The summed E-state index contributed by atoms with van der Waals surface area (Å²) >= 11 is 0. The molecular weight excluding hydrogens is 350 g/mol. The third-order valence-electron chi connectivity index (χ3n) is 6.19. The van der Waals surface area contributed by atoms with Gasteiger partial charge in [-0.1, -0.05) is 36.8 Å². The van der Waals surface area contributed by atoms with E-state index in [-0.39, 0.29) is 35.7 Å². The Morgan fingerprint density at radius 1 is 1.12 bits per heavy atom. The normalized spacial score (nSPS) is 25.2. The molecule has 1 aliphatic carbocycles. The van der Waals surface area contributed by atoms with E-state index in [0.717, 1.165) is 57.3 Å². The Bertz CT molecular complexity index is 648. The molecule has 1 atom stereocenters. The molecule has 2 aliphatic heterocycles. The number of hydrogen-bond acceptors (Lipinski definition) is 3. The molecule has 1 unspecified atom stereocenters. The molecule has 6 heteroatoms. The van der Waals surface area contributed by atoms with Gasteiger partial charge in [-0.25, -0.2) is 0 Å². The van der Waals surface area contributed by atoms with Gasteiger partial charge in [-0.15, -0.1) is 12.4 Å². The van der Waals surface area contributed by atoms with E-state index in [9.17, 15) is 9.59 Å². The van der Waals surface area contributed by atoms with E-state index in [0.29, 0.717) is 13.1 Å². The molecule has 0 bridgehead atoms. The Hall–Kier alpha value is -1.59. The van der Waals surface area contributed by atoms with Gasteiger partial charge in [0.25, 0.3) is 0 Å². The number of benzene rings is 1. The zero-order chi connectivity index (χ0) is 17.3. The number of rotatable bonds is 3. The minimum absolute atomic E-state index is 0. The number of carbonyl (C=O) groups excluding carboxylic acids is 2. The predicted octanol–water partition coefficient (Wildman–Crippen LogP) is 1.95. The van der Waals surface area contributed by atoms with Crippen LogP contribution in [0.4, 0.5) is 0 Å². The fraction of sp³-hybridized carbons (Fsp3) is 0.600. The molecule has 26 heavy (non-hydrogen) atoms. The van der Waals surface area contributed by atoms with E-state index in [1.807, 2.05) is 28.0 Å². The van der Waals surface area contributed by atoms with Gasteiger partial charge >= 0.3 is 0 Å². The summed E-state index contributed by atoms with van der Waals surface area (Å²) in [5.74, 6) is 0.448. The summed E-state index contributed by atoms with van der Waals surface area (Å²) in [5, 5.41) is 3.13. The number of piperazine rings is 1. The SMILES string of the molecule is Cl.O=C1CNCCN1C1CCCN(C(=O)C2(c3ccccc3)CCC2)C1. The van der Waals surface area contributed by atoms with Gasteiger partial charge < -0.3 is 15.1 Å². The first-order chi connectivity index (χ1) is 12.2. The molecule has 3 aliphatic rings. The van der Waals surface area contributed by atoms with Crippen LogP contribution in [-0.2, 0) is 15.0 Å². The number of piperidine rings is 1. The van der Waals surface area contributed by atoms with Crippen LogP contribution in [0.1, 0.15) is 37.7 Å². The molecule has 1 saturated carbocycles. The highest BCUT2D eigenvalue weighted by Gasteiger charge is 2.48. The van der Waals surface area contributed by atoms with Crippen molar-refractivity contribution in [3.05, 3.63) is 35.9 Å². The quantitative estimate of drug-likeness (QED) is 0.876. The molecule has 1 aromatic rings. The molecule has 2 heterocycles. The molecule has 142 valence electrons. The number of carbonyl (C=O) groups is 2. The fourth-order valence-corrected chi connectivity index (χ4v) is 4.62. The van der Waals surface area contributed by atoms with Crippen LogP contribution in [0.2, 0.25) is 0 Å². The van der Waals surface area contributed by atoms with Crippen LogP contribution in [0.15, 0.2) is 30.3 Å². The van der Waals surface area contributed by atoms with Gasteiger partial charge in [-0.2, -0.15) is 0 Å². The third-order valence-corrected chi connectivity index (χ3v) is 6.19. The summed E-state index contributed by atoms with van der Waals surface area (Å²) in [6, 6.07) is 10.4. The van der Waals surface area contributed by atoms with E-state index in [1.54, 1.807) is 0 Å². The molecule has 5 nitrogen and oxygen atoms in total. The van der Waals surface area contributed by atoms with Crippen molar-refractivity contribution in [3.8, 4) is 0 Å². The van der Waals surface area contributed by atoms with Crippen LogP contribution >= 0.6 is 12.4 Å². The second kappa shape index (κ2) is 7.97. The highest BCUT2D eigenvalue weighted by atomic mass is 35.5. The Kier molecular flexibility index (Phi) is 5.88. The molecule has 2 amide bonds. The molecule has 0 radical (unpaired) electrons. The Morgan fingerprint density at radius 2 is 1.88 bits per heavy atom. The predicted molar refractivity (Wildman–Crippen MR) is 103 cm³/mol. The third kappa shape index (κ3) is 3.35. The molecule has 2 saturated heterocycles. The second-order valence-electron chi connectivity index (χ2n) is 7.61. The van der Waals surface area contributed by atoms with Crippen LogP contribution in [0, 0.1) is 0 Å². The van der Waals surface area contributed by atoms with Crippen molar-refractivity contribution in [2.75, 3.05) is 32.7 Å². The molecule has 3 fully saturated rings. The maximum Gasteiger partial charge on any atom is 0.236 e. The number of likely N-dealkylation sites (tertiary alicyclic amines) is 1. The number of hydrogen-bond donors (Lipinski definition) is 1. The summed E-state index contributed by atoms with van der Waals surface area (Å²) in [5.41, 5.74) is 0.836. The van der Waals surface area contributed by atoms with Crippen molar-refractivity contribution in [1.82, 2.24) is 15.1 Å². The van der Waals surface area contributed by atoms with Gasteiger partial charge in [0.05, 0.1) is 12.0 Å². The van der Waals surface area contributed by atoms with E-state index < -0.39 is 0 Å². The Balaban J connectivity index is 0.00000196. The highest BCUT2D eigenvalue weighted by molar-refractivity contribution is 5.89. The van der Waals surface area contributed by atoms with Crippen molar-refractivity contribution in [3.63, 3.8) is 0 Å². The van der Waals surface area contributed by atoms with Gasteiger partial charge in [-0.05, 0) is 31.2 Å². The summed E-state index contributed by atoms with van der Waals surface area (Å²) in [6.45, 7) is 3.56. The number of nitrogens with one attached hydrogen (secondary N) is 1. The summed E-state index contributed by atoms with van der Waals surface area (Å²) < 4.78 is 0. The van der Waals surface area contributed by atoms with Crippen molar-refractivity contribution in [1.29, 1.82) is 0 Å². The Morgan fingerprint density at radius 3 is 2.54 bits per heavy atom. The lowest BCUT2D eigenvalue weighted by atomic mass is 9.63. The minimum Gasteiger partial charge on any atom is -0.340 e. The van der Waals surface area contributed by atoms with E-state index in [1.165, 1.54) is 0 Å². The molecule has 1 aromatic carbocycles. The lowest BCUT2D eigenvalue weighted by molar-refractivity contribution is -0.146. The number of amides is 2. The topological polar surface area (TPSA) is 52.7 Å². The van der Waals surface area contributed by atoms with Crippen molar-refractivity contribution < 1.29 is 9.59 Å². The average Bonchev–Trinajstić information content (AvgIpc) is 2.62. The zero-order valence-corrected chi connectivity index (χ0v) is 16.0. The lowest BCUT2D eigenvalue weighted by Gasteiger charge is -2.47. The molecule has 0 spiro atoms. The van der Waals surface area contributed by atoms with Crippen LogP contribution in [0.25, 0.3) is 0 Å². The van der Waals surface area contributed by atoms with Crippen LogP contribution < -0.4 is 5.32 Å². The van der Waals surface area contributed by atoms with Gasteiger partial charge in [0.2, 0.25) is 11.8 Å². The van der Waals surface area contributed by atoms with Gasteiger partial charge in [-0.3, -0.25) is 9.59 Å². The average molecular weight is 378 g/mol. The first-order valence-electron chi connectivity index (χ1n) is 9.56. The van der Waals surface area contributed by atoms with Crippen LogP contribution in [0.3, 0.4) is 0 Å².